The molecule has 1 fully saturated rings. The smallest absolute Gasteiger partial charge is 0.270 e. The van der Waals surface area contributed by atoms with Crippen molar-refractivity contribution >= 4 is 80.8 Å². The van der Waals surface area contributed by atoms with Gasteiger partial charge in [0.15, 0.2) is 22.4 Å². The number of hydrogen-bond acceptors (Lipinski definition) is 6. The topological polar surface area (TPSA) is 67.9 Å². The summed E-state index contributed by atoms with van der Waals surface area (Å²) < 4.78 is 11.5. The van der Waals surface area contributed by atoms with E-state index in [0.29, 0.717) is 36.9 Å². The van der Waals surface area contributed by atoms with Gasteiger partial charge < -0.3 is 14.8 Å². The summed E-state index contributed by atoms with van der Waals surface area (Å²) in [6.45, 7) is 1.62. The quantitative estimate of drug-likeness (QED) is 0.256. The van der Waals surface area contributed by atoms with Crippen molar-refractivity contribution in [1.82, 2.24) is 0 Å². The number of hydrogen-bond donors (Lipinski definition) is 1. The molecule has 0 saturated carbocycles. The van der Waals surface area contributed by atoms with Crippen LogP contribution in [0.4, 0.5) is 11.4 Å². The molecule has 1 aliphatic heterocycles. The average Bonchev–Trinajstić information content (AvgIpc) is 3.13. The van der Waals surface area contributed by atoms with Crippen LogP contribution in [0.3, 0.4) is 0 Å². The molecule has 0 atom stereocenters. The van der Waals surface area contributed by atoms with Crippen LogP contribution >= 0.6 is 47.2 Å². The highest BCUT2D eigenvalue weighted by Gasteiger charge is 2.33. The average molecular weight is 559 g/mol. The molecule has 0 aliphatic carbocycles. The fraction of sp³-hybridized carbons (Fsp3) is 0.115. The lowest BCUT2D eigenvalue weighted by Gasteiger charge is -2.15. The minimum Gasteiger partial charge on any atom is -0.493 e. The number of thiocarbonyl (C=S) groups is 1. The molecule has 184 valence electrons. The van der Waals surface area contributed by atoms with Crippen LogP contribution in [0.2, 0.25) is 10.0 Å². The van der Waals surface area contributed by atoms with Crippen molar-refractivity contribution in [2.45, 2.75) is 6.92 Å². The summed E-state index contributed by atoms with van der Waals surface area (Å²) in [4.78, 5) is 27.2. The second-order valence-corrected chi connectivity index (χ2v) is 10.2. The first kappa shape index (κ1) is 26.0. The van der Waals surface area contributed by atoms with Crippen LogP contribution in [0.5, 0.6) is 11.5 Å². The highest BCUT2D eigenvalue weighted by atomic mass is 35.5. The highest BCUT2D eigenvalue weighted by Crippen LogP contribution is 2.40. The van der Waals surface area contributed by atoms with Gasteiger partial charge in [-0.1, -0.05) is 71.4 Å². The van der Waals surface area contributed by atoms with Gasteiger partial charge in [0, 0.05) is 10.7 Å². The lowest BCUT2D eigenvalue weighted by molar-refractivity contribution is -0.118. The molecule has 10 heteroatoms. The Morgan fingerprint density at radius 3 is 2.56 bits per heavy atom. The maximum absolute atomic E-state index is 13.1. The first-order valence-corrected chi connectivity index (χ1v) is 12.6. The second kappa shape index (κ2) is 11.3. The third kappa shape index (κ3) is 5.84. The van der Waals surface area contributed by atoms with Crippen molar-refractivity contribution in [3.63, 3.8) is 0 Å². The molecule has 3 aromatic rings. The number of rotatable bonds is 7. The van der Waals surface area contributed by atoms with Gasteiger partial charge in [-0.25, -0.2) is 0 Å². The largest absolute Gasteiger partial charge is 0.493 e. The fourth-order valence-corrected chi connectivity index (χ4v) is 5.13. The normalized spacial score (nSPS) is 14.3. The number of nitrogens with one attached hydrogen (secondary N) is 1. The number of benzene rings is 3. The molecular weight excluding hydrogens is 539 g/mol. The van der Waals surface area contributed by atoms with Crippen LogP contribution in [0, 0.1) is 6.92 Å². The van der Waals surface area contributed by atoms with Crippen LogP contribution in [-0.2, 0) is 9.59 Å². The van der Waals surface area contributed by atoms with Gasteiger partial charge in [-0.15, -0.1) is 0 Å². The number of thioether (sulfide) groups is 1. The van der Waals surface area contributed by atoms with E-state index < -0.39 is 0 Å². The van der Waals surface area contributed by atoms with Gasteiger partial charge in [0.25, 0.3) is 11.8 Å². The lowest BCUT2D eigenvalue weighted by Crippen LogP contribution is -2.27. The predicted octanol–water partition coefficient (Wildman–Crippen LogP) is 6.73. The Labute approximate surface area is 228 Å². The molecule has 2 amide bonds. The number of halogens is 2. The third-order valence-corrected chi connectivity index (χ3v) is 7.15. The zero-order chi connectivity index (χ0) is 25.8. The van der Waals surface area contributed by atoms with E-state index in [2.05, 4.69) is 5.32 Å². The summed E-state index contributed by atoms with van der Waals surface area (Å²) in [6, 6.07) is 17.7. The molecule has 1 heterocycles. The SMILES string of the molecule is COc1cc(/C=C2\SC(=S)N(c3ccc(C)c(Cl)c3)C2=O)cc(Cl)c1OCC(=O)Nc1ccccc1. The number of carbonyl (C=O) groups excluding carboxylic acids is 2. The van der Waals surface area contributed by atoms with Gasteiger partial charge in [-0.05, 0) is 60.5 Å². The van der Waals surface area contributed by atoms with Gasteiger partial charge >= 0.3 is 0 Å². The minimum atomic E-state index is -0.344. The predicted molar refractivity (Wildman–Crippen MR) is 150 cm³/mol. The Kier molecular flexibility index (Phi) is 8.21. The lowest BCUT2D eigenvalue weighted by atomic mass is 10.1. The van der Waals surface area contributed by atoms with Crippen LogP contribution in [0.1, 0.15) is 11.1 Å². The van der Waals surface area contributed by atoms with E-state index in [-0.39, 0.29) is 29.2 Å². The van der Waals surface area contributed by atoms with Crippen molar-refractivity contribution < 1.29 is 19.1 Å². The first-order chi connectivity index (χ1) is 17.3. The van der Waals surface area contributed by atoms with E-state index >= 15 is 0 Å². The summed E-state index contributed by atoms with van der Waals surface area (Å²) in [7, 11) is 1.47. The van der Waals surface area contributed by atoms with Crippen LogP contribution in [0.25, 0.3) is 6.08 Å². The number of carbonyl (C=O) groups is 2. The molecule has 1 N–H and O–H groups in total. The molecule has 6 nitrogen and oxygen atoms in total. The highest BCUT2D eigenvalue weighted by molar-refractivity contribution is 8.27. The van der Waals surface area contributed by atoms with E-state index in [4.69, 9.17) is 44.9 Å². The minimum absolute atomic E-state index is 0.223. The monoisotopic (exact) mass is 558 g/mol. The number of nitrogens with zero attached hydrogens (tertiary/aromatic N) is 1. The maximum Gasteiger partial charge on any atom is 0.270 e. The molecule has 0 bridgehead atoms. The third-order valence-electron chi connectivity index (χ3n) is 5.16. The van der Waals surface area contributed by atoms with Crippen molar-refractivity contribution in [3.05, 3.63) is 86.7 Å². The summed E-state index contributed by atoms with van der Waals surface area (Å²) >= 11 is 19.3. The Morgan fingerprint density at radius 2 is 1.86 bits per heavy atom. The molecule has 0 unspecified atom stereocenters. The summed E-state index contributed by atoms with van der Waals surface area (Å²) in [6.07, 6.45) is 1.68. The zero-order valence-corrected chi connectivity index (χ0v) is 22.4. The maximum atomic E-state index is 13.1. The Bertz CT molecular complexity index is 1380. The number of ether oxygens (including phenoxy) is 2. The van der Waals surface area contributed by atoms with Gasteiger partial charge in [-0.3, -0.25) is 14.5 Å². The Hall–Kier alpha value is -3.04. The molecule has 1 saturated heterocycles. The van der Waals surface area contributed by atoms with Crippen LogP contribution in [0.15, 0.2) is 65.6 Å². The molecular formula is C26H20Cl2N2O4S2. The molecule has 4 rings (SSSR count). The molecule has 3 aromatic carbocycles. The standard InChI is InChI=1S/C26H20Cl2N2O4S2/c1-15-8-9-18(13-19(15)27)30-25(32)22(36-26(30)35)12-16-10-20(28)24(21(11-16)33-2)34-14-23(31)29-17-6-4-3-5-7-17/h3-13H,14H2,1-2H3,(H,29,31)/b22-12-. The molecule has 0 spiro atoms. The van der Waals surface area contributed by atoms with E-state index in [1.165, 1.54) is 23.8 Å². The molecule has 36 heavy (non-hydrogen) atoms. The van der Waals surface area contributed by atoms with Crippen molar-refractivity contribution in [3.8, 4) is 11.5 Å². The summed E-state index contributed by atoms with van der Waals surface area (Å²) in [5.74, 6) is -0.0652. The second-order valence-electron chi connectivity index (χ2n) is 7.69. The van der Waals surface area contributed by atoms with E-state index in [9.17, 15) is 9.59 Å². The van der Waals surface area contributed by atoms with E-state index in [0.717, 1.165) is 5.56 Å². The van der Waals surface area contributed by atoms with E-state index in [1.54, 1.807) is 42.5 Å². The number of methoxy groups -OCH3 is 1. The Morgan fingerprint density at radius 1 is 1.11 bits per heavy atom. The molecule has 0 aromatic heterocycles. The summed E-state index contributed by atoms with van der Waals surface area (Å²) in [5.41, 5.74) is 2.78. The first-order valence-electron chi connectivity index (χ1n) is 10.7. The zero-order valence-electron chi connectivity index (χ0n) is 19.2. The van der Waals surface area contributed by atoms with Gasteiger partial charge in [0.05, 0.1) is 22.7 Å². The van der Waals surface area contributed by atoms with E-state index in [1.807, 2.05) is 31.2 Å². The molecule has 0 radical (unpaired) electrons. The van der Waals surface area contributed by atoms with Crippen molar-refractivity contribution in [2.24, 2.45) is 0 Å². The van der Waals surface area contributed by atoms with Crippen LogP contribution in [-0.4, -0.2) is 29.9 Å². The summed E-state index contributed by atoms with van der Waals surface area (Å²) in [5, 5.41) is 3.52. The number of anilines is 2. The van der Waals surface area contributed by atoms with Gasteiger partial charge in [-0.2, -0.15) is 0 Å². The number of para-hydroxylation sites is 1. The van der Waals surface area contributed by atoms with Crippen LogP contribution < -0.4 is 19.7 Å². The van der Waals surface area contributed by atoms with Gasteiger partial charge in [0.1, 0.15) is 0 Å². The van der Waals surface area contributed by atoms with Gasteiger partial charge in [0.2, 0.25) is 0 Å². The number of aryl methyl sites for hydroxylation is 1. The number of amides is 2. The molecule has 1 aliphatic rings. The van der Waals surface area contributed by atoms with Crippen molar-refractivity contribution in [1.29, 1.82) is 0 Å². The van der Waals surface area contributed by atoms with Crippen molar-refractivity contribution in [2.75, 3.05) is 23.9 Å². The fourth-order valence-electron chi connectivity index (χ4n) is 3.38. The Balaban J connectivity index is 1.52.